The highest BCUT2D eigenvalue weighted by molar-refractivity contribution is 6.01. The lowest BCUT2D eigenvalue weighted by atomic mass is 9.89. The molecule has 2 saturated heterocycles. The zero-order valence-electron chi connectivity index (χ0n) is 19.8. The maximum Gasteiger partial charge on any atom is 0.249 e. The predicted molar refractivity (Wildman–Crippen MR) is 139 cm³/mol. The van der Waals surface area contributed by atoms with Gasteiger partial charge in [0, 0.05) is 18.7 Å². The molecule has 1 atom stereocenters. The van der Waals surface area contributed by atoms with E-state index in [1.165, 1.54) is 16.7 Å². The number of unbranched alkanes of at least 4 members (excludes halogenated alkanes) is 1. The third-order valence-corrected chi connectivity index (χ3v) is 6.87. The normalized spacial score (nSPS) is 19.4. The van der Waals surface area contributed by atoms with E-state index in [-0.39, 0.29) is 30.3 Å². The number of imide groups is 1. The zero-order chi connectivity index (χ0) is 23.0. The van der Waals surface area contributed by atoms with Crippen LogP contribution in [0.25, 0.3) is 0 Å². The van der Waals surface area contributed by atoms with Crippen LogP contribution in [0.3, 0.4) is 0 Å². The summed E-state index contributed by atoms with van der Waals surface area (Å²) in [4.78, 5) is 25.8. The molecule has 4 N–H and O–H groups in total. The van der Waals surface area contributed by atoms with Crippen LogP contribution in [0.2, 0.25) is 0 Å². The van der Waals surface area contributed by atoms with Crippen LogP contribution in [0, 0.1) is 0 Å². The molecule has 2 amide bonds. The second-order valence-corrected chi connectivity index (χ2v) is 9.39. The van der Waals surface area contributed by atoms with Crippen molar-refractivity contribution in [3.05, 3.63) is 65.2 Å². The fourth-order valence-electron chi connectivity index (χ4n) is 4.92. The monoisotopic (exact) mass is 484 g/mol. The molecule has 7 heteroatoms. The maximum atomic E-state index is 12.0. The van der Waals surface area contributed by atoms with E-state index in [0.717, 1.165) is 64.0 Å². The summed E-state index contributed by atoms with van der Waals surface area (Å²) in [6.07, 6.45) is 6.62. The van der Waals surface area contributed by atoms with Crippen molar-refractivity contribution in [1.29, 1.82) is 0 Å². The summed E-state index contributed by atoms with van der Waals surface area (Å²) in [5.41, 5.74) is 10.7. The molecule has 2 aromatic carbocycles. The lowest BCUT2D eigenvalue weighted by molar-refractivity contribution is -0.133. The van der Waals surface area contributed by atoms with E-state index in [1.54, 1.807) is 0 Å². The Morgan fingerprint density at radius 3 is 2.41 bits per heavy atom. The lowest BCUT2D eigenvalue weighted by Gasteiger charge is -2.32. The van der Waals surface area contributed by atoms with Crippen molar-refractivity contribution >= 4 is 29.9 Å². The number of piperidine rings is 2. The van der Waals surface area contributed by atoms with Crippen molar-refractivity contribution in [2.24, 2.45) is 5.73 Å². The van der Waals surface area contributed by atoms with Crippen molar-refractivity contribution in [2.75, 3.05) is 25.0 Å². The molecule has 0 spiro atoms. The average molecular weight is 485 g/mol. The van der Waals surface area contributed by atoms with Crippen LogP contribution < -0.4 is 16.4 Å². The maximum absolute atomic E-state index is 12.0. The van der Waals surface area contributed by atoms with Crippen molar-refractivity contribution in [2.45, 2.75) is 63.5 Å². The van der Waals surface area contributed by atoms with Crippen LogP contribution in [0.1, 0.15) is 61.1 Å². The second kappa shape index (κ2) is 12.9. The Kier molecular flexibility index (Phi) is 9.93. The van der Waals surface area contributed by atoms with E-state index >= 15 is 0 Å². The van der Waals surface area contributed by atoms with Gasteiger partial charge in [0.15, 0.2) is 0 Å². The van der Waals surface area contributed by atoms with Crippen LogP contribution in [-0.2, 0) is 22.6 Å². The summed E-state index contributed by atoms with van der Waals surface area (Å²) in [7, 11) is 0. The van der Waals surface area contributed by atoms with Crippen LogP contribution in [0.4, 0.5) is 5.69 Å². The molecule has 1 unspecified atom stereocenters. The Morgan fingerprint density at radius 1 is 0.971 bits per heavy atom. The molecular formula is C27H37ClN4O2. The average Bonchev–Trinajstić information content (AvgIpc) is 2.82. The Bertz CT molecular complexity index is 942. The van der Waals surface area contributed by atoms with Crippen LogP contribution in [0.5, 0.6) is 0 Å². The van der Waals surface area contributed by atoms with Gasteiger partial charge in [0.1, 0.15) is 6.04 Å². The fourth-order valence-corrected chi connectivity index (χ4v) is 4.92. The molecule has 2 aromatic rings. The number of likely N-dealkylation sites (tertiary alicyclic amines) is 1. The molecule has 0 saturated carbocycles. The Labute approximate surface area is 209 Å². The summed E-state index contributed by atoms with van der Waals surface area (Å²) in [6.45, 7) is 4.01. The second-order valence-electron chi connectivity index (χ2n) is 9.39. The number of benzene rings is 2. The molecule has 2 fully saturated rings. The largest absolute Gasteiger partial charge is 0.374 e. The molecule has 0 bridgehead atoms. The zero-order valence-corrected chi connectivity index (χ0v) is 20.6. The van der Waals surface area contributed by atoms with Gasteiger partial charge >= 0.3 is 0 Å². The van der Waals surface area contributed by atoms with Gasteiger partial charge in [-0.1, -0.05) is 36.4 Å². The van der Waals surface area contributed by atoms with Gasteiger partial charge in [0.05, 0.1) is 0 Å². The van der Waals surface area contributed by atoms with E-state index in [1.807, 2.05) is 0 Å². The standard InChI is InChI=1S/C27H36N4O2.ClH/c28-15-2-1-4-20-5-3-6-21(18-20)19-31-16-13-23(14-17-31)22-7-9-24(10-8-22)29-25-11-12-26(32)30-27(25)33;/h3,5-10,18,23,25,29H,1-2,4,11-17,19,28H2,(H,30,32,33);1H. The number of rotatable bonds is 9. The molecule has 6 nitrogen and oxygen atoms in total. The number of nitrogens with one attached hydrogen (secondary N) is 2. The predicted octanol–water partition coefficient (Wildman–Crippen LogP) is 3.99. The number of hydrogen-bond acceptors (Lipinski definition) is 5. The third-order valence-electron chi connectivity index (χ3n) is 6.87. The smallest absolute Gasteiger partial charge is 0.249 e. The Balaban J connectivity index is 0.00000324. The first kappa shape index (κ1) is 26.2. The number of nitrogens with zero attached hydrogens (tertiary/aromatic N) is 1. The molecule has 184 valence electrons. The van der Waals surface area contributed by atoms with Crippen molar-refractivity contribution in [3.8, 4) is 0 Å². The quantitative estimate of drug-likeness (QED) is 0.370. The minimum absolute atomic E-state index is 0. The van der Waals surface area contributed by atoms with Crippen LogP contribution in [0.15, 0.2) is 48.5 Å². The fraction of sp³-hybridized carbons (Fsp3) is 0.481. The number of halogens is 1. The highest BCUT2D eigenvalue weighted by Crippen LogP contribution is 2.30. The SMILES string of the molecule is Cl.NCCCCc1cccc(CN2CCC(c3ccc(NC4CCC(=O)NC4=O)cc3)CC2)c1. The van der Waals surface area contributed by atoms with Gasteiger partial charge in [-0.25, -0.2) is 0 Å². The number of carbonyl (C=O) groups is 2. The summed E-state index contributed by atoms with van der Waals surface area (Å²) in [5, 5.41) is 5.66. The number of anilines is 1. The molecule has 0 aliphatic carbocycles. The first-order valence-electron chi connectivity index (χ1n) is 12.3. The molecule has 0 radical (unpaired) electrons. The van der Waals surface area contributed by atoms with E-state index in [9.17, 15) is 9.59 Å². The summed E-state index contributed by atoms with van der Waals surface area (Å²) < 4.78 is 0. The first-order valence-corrected chi connectivity index (χ1v) is 12.3. The van der Waals surface area contributed by atoms with E-state index < -0.39 is 0 Å². The van der Waals surface area contributed by atoms with Crippen molar-refractivity contribution < 1.29 is 9.59 Å². The number of aryl methyl sites for hydroxylation is 1. The number of amides is 2. The van der Waals surface area contributed by atoms with Crippen molar-refractivity contribution in [1.82, 2.24) is 10.2 Å². The van der Waals surface area contributed by atoms with Gasteiger partial charge in [0.25, 0.3) is 0 Å². The molecule has 2 heterocycles. The summed E-state index contributed by atoms with van der Waals surface area (Å²) >= 11 is 0. The van der Waals surface area contributed by atoms with E-state index in [0.29, 0.717) is 18.8 Å². The highest BCUT2D eigenvalue weighted by Gasteiger charge is 2.26. The molecule has 0 aromatic heterocycles. The Hall–Kier alpha value is -2.41. The van der Waals surface area contributed by atoms with Gasteiger partial charge in [-0.05, 0) is 92.9 Å². The number of hydrogen-bond donors (Lipinski definition) is 3. The highest BCUT2D eigenvalue weighted by atomic mass is 35.5. The topological polar surface area (TPSA) is 87.5 Å². The molecule has 4 rings (SSSR count). The van der Waals surface area contributed by atoms with Gasteiger partial charge < -0.3 is 11.1 Å². The number of carbonyl (C=O) groups excluding carboxylic acids is 2. The van der Waals surface area contributed by atoms with Gasteiger partial charge in [-0.3, -0.25) is 19.8 Å². The molecule has 2 aliphatic rings. The van der Waals surface area contributed by atoms with Crippen LogP contribution >= 0.6 is 12.4 Å². The van der Waals surface area contributed by atoms with Gasteiger partial charge in [0.2, 0.25) is 11.8 Å². The minimum atomic E-state index is -0.337. The molecule has 2 aliphatic heterocycles. The summed E-state index contributed by atoms with van der Waals surface area (Å²) in [6, 6.07) is 17.1. The first-order chi connectivity index (χ1) is 16.1. The van der Waals surface area contributed by atoms with E-state index in [4.69, 9.17) is 5.73 Å². The van der Waals surface area contributed by atoms with E-state index in [2.05, 4.69) is 64.1 Å². The summed E-state index contributed by atoms with van der Waals surface area (Å²) in [5.74, 6) is 0.159. The van der Waals surface area contributed by atoms with Gasteiger partial charge in [-0.2, -0.15) is 0 Å². The molecule has 34 heavy (non-hydrogen) atoms. The lowest BCUT2D eigenvalue weighted by Crippen LogP contribution is -2.47. The third kappa shape index (κ3) is 7.29. The minimum Gasteiger partial charge on any atom is -0.374 e. The van der Waals surface area contributed by atoms with Crippen molar-refractivity contribution in [3.63, 3.8) is 0 Å². The molecular weight excluding hydrogens is 448 g/mol. The number of nitrogens with two attached hydrogens (primary N) is 1. The van der Waals surface area contributed by atoms with Crippen LogP contribution in [-0.4, -0.2) is 42.4 Å². The van der Waals surface area contributed by atoms with Gasteiger partial charge in [-0.15, -0.1) is 12.4 Å². The Morgan fingerprint density at radius 2 is 1.71 bits per heavy atom.